The molecule has 2 atom stereocenters. The van der Waals surface area contributed by atoms with Crippen LogP contribution in [0.3, 0.4) is 0 Å². The number of anilines is 1. The van der Waals surface area contributed by atoms with Crippen LogP contribution >= 0.6 is 11.6 Å². The van der Waals surface area contributed by atoms with Crippen molar-refractivity contribution in [1.29, 1.82) is 0 Å². The number of nitrogens with zero attached hydrogens (tertiary/aromatic N) is 6. The summed E-state index contributed by atoms with van der Waals surface area (Å²) < 4.78 is 15.8. The second-order valence-corrected chi connectivity index (χ2v) is 7.73. The average Bonchev–Trinajstić information content (AvgIpc) is 3.52. The molecule has 1 saturated heterocycles. The van der Waals surface area contributed by atoms with Gasteiger partial charge in [-0.05, 0) is 24.3 Å². The van der Waals surface area contributed by atoms with Gasteiger partial charge in [-0.2, -0.15) is 10.1 Å². The summed E-state index contributed by atoms with van der Waals surface area (Å²) in [5.74, 6) is 0.526. The molecular formula is C21H17ClN6O5. The molecule has 0 radical (unpaired) electrons. The largest absolute Gasteiger partial charge is 0.497 e. The van der Waals surface area contributed by atoms with Gasteiger partial charge in [0, 0.05) is 28.8 Å². The molecule has 168 valence electrons. The molecule has 33 heavy (non-hydrogen) atoms. The summed E-state index contributed by atoms with van der Waals surface area (Å²) in [5, 5.41) is 13.9. The van der Waals surface area contributed by atoms with Crippen molar-refractivity contribution in [2.24, 2.45) is 10.3 Å². The van der Waals surface area contributed by atoms with E-state index in [2.05, 4.69) is 20.5 Å². The number of carbonyl (C=O) groups excluding carboxylic acids is 2. The van der Waals surface area contributed by atoms with E-state index >= 15 is 0 Å². The van der Waals surface area contributed by atoms with Crippen molar-refractivity contribution >= 4 is 29.1 Å². The van der Waals surface area contributed by atoms with E-state index in [9.17, 15) is 9.59 Å². The van der Waals surface area contributed by atoms with Crippen molar-refractivity contribution in [3.05, 3.63) is 53.4 Å². The zero-order valence-electron chi connectivity index (χ0n) is 17.5. The van der Waals surface area contributed by atoms with Crippen LogP contribution in [-0.4, -0.2) is 53.3 Å². The molecule has 0 saturated carbocycles. The molecule has 0 spiro atoms. The lowest BCUT2D eigenvalue weighted by Crippen LogP contribution is -2.39. The van der Waals surface area contributed by atoms with Crippen molar-refractivity contribution in [1.82, 2.24) is 15.1 Å². The van der Waals surface area contributed by atoms with Gasteiger partial charge in [-0.3, -0.25) is 14.6 Å². The average molecular weight is 469 g/mol. The minimum atomic E-state index is -0.964. The van der Waals surface area contributed by atoms with Gasteiger partial charge in [-0.1, -0.05) is 22.0 Å². The highest BCUT2D eigenvalue weighted by Gasteiger charge is 2.55. The Morgan fingerprint density at radius 1 is 1.03 bits per heavy atom. The predicted octanol–water partition coefficient (Wildman–Crippen LogP) is 2.90. The van der Waals surface area contributed by atoms with Gasteiger partial charge < -0.3 is 14.0 Å². The molecule has 0 unspecified atom stereocenters. The maximum atomic E-state index is 13.2. The van der Waals surface area contributed by atoms with E-state index in [1.54, 1.807) is 42.5 Å². The number of hydrogen-bond acceptors (Lipinski definition) is 10. The Kier molecular flexibility index (Phi) is 5.17. The first-order chi connectivity index (χ1) is 16.0. The van der Waals surface area contributed by atoms with Crippen LogP contribution in [-0.2, 0) is 16.1 Å². The Morgan fingerprint density at radius 2 is 1.73 bits per heavy atom. The van der Waals surface area contributed by atoms with Crippen molar-refractivity contribution in [3.8, 4) is 22.9 Å². The summed E-state index contributed by atoms with van der Waals surface area (Å²) in [6, 6.07) is 9.90. The maximum Gasteiger partial charge on any atom is 0.263 e. The topological polar surface area (TPSA) is 123 Å². The molecule has 3 aromatic rings. The molecule has 5 rings (SSSR count). The zero-order valence-corrected chi connectivity index (χ0v) is 18.3. The molecule has 2 amide bonds. The Labute approximate surface area is 192 Å². The van der Waals surface area contributed by atoms with Crippen LogP contribution < -0.4 is 14.4 Å². The summed E-state index contributed by atoms with van der Waals surface area (Å²) in [7, 11) is 2.97. The number of fused-ring (bicyclic) bond motifs is 1. The lowest BCUT2D eigenvalue weighted by Gasteiger charge is -2.20. The van der Waals surface area contributed by atoms with E-state index in [0.717, 1.165) is 10.5 Å². The molecule has 11 nitrogen and oxygen atoms in total. The first-order valence-corrected chi connectivity index (χ1v) is 10.2. The van der Waals surface area contributed by atoms with Gasteiger partial charge in [0.15, 0.2) is 12.1 Å². The standard InChI is InChI=1S/C21H17ClN6O5/c1-31-14-7-13(8-15(9-14)32-2)28-20(29)17-18(21(28)30)27(26-24-17)10-16-23-19(25-33-16)11-3-5-12(22)6-4-11/h3-9,17-18H,10H2,1-2H3/t17-,18-/m1/s1. The number of methoxy groups -OCH3 is 2. The fraction of sp³-hybridized carbons (Fsp3) is 0.238. The molecule has 2 aliphatic heterocycles. The molecule has 2 aromatic carbocycles. The third-order valence-corrected chi connectivity index (χ3v) is 5.57. The highest BCUT2D eigenvalue weighted by molar-refractivity contribution is 6.30. The molecule has 2 aliphatic rings. The molecular weight excluding hydrogens is 452 g/mol. The number of amides is 2. The van der Waals surface area contributed by atoms with E-state index in [1.807, 2.05) is 0 Å². The fourth-order valence-corrected chi connectivity index (χ4v) is 3.83. The molecule has 0 N–H and O–H groups in total. The van der Waals surface area contributed by atoms with E-state index in [4.69, 9.17) is 25.6 Å². The number of ether oxygens (including phenoxy) is 2. The fourth-order valence-electron chi connectivity index (χ4n) is 3.70. The zero-order chi connectivity index (χ0) is 23.1. The Hall–Kier alpha value is -3.99. The van der Waals surface area contributed by atoms with Gasteiger partial charge in [-0.25, -0.2) is 4.90 Å². The highest BCUT2D eigenvalue weighted by Crippen LogP contribution is 2.36. The molecule has 3 heterocycles. The molecule has 0 bridgehead atoms. The second kappa shape index (κ2) is 8.17. The number of rotatable bonds is 6. The van der Waals surface area contributed by atoms with Crippen LogP contribution in [0.5, 0.6) is 11.5 Å². The first kappa shape index (κ1) is 20.9. The predicted molar refractivity (Wildman–Crippen MR) is 115 cm³/mol. The van der Waals surface area contributed by atoms with Crippen LogP contribution in [0.25, 0.3) is 11.4 Å². The normalized spacial score (nSPS) is 19.4. The van der Waals surface area contributed by atoms with Gasteiger partial charge in [-0.15, -0.1) is 0 Å². The van der Waals surface area contributed by atoms with Crippen LogP contribution in [0.15, 0.2) is 57.3 Å². The highest BCUT2D eigenvalue weighted by atomic mass is 35.5. The molecule has 1 fully saturated rings. The van der Waals surface area contributed by atoms with E-state index in [-0.39, 0.29) is 12.4 Å². The van der Waals surface area contributed by atoms with Crippen molar-refractivity contribution in [2.75, 3.05) is 19.1 Å². The smallest absolute Gasteiger partial charge is 0.263 e. The molecule has 12 heteroatoms. The summed E-state index contributed by atoms with van der Waals surface area (Å²) in [6.45, 7) is 0.0134. The Bertz CT molecular complexity index is 1240. The Balaban J connectivity index is 1.37. The lowest BCUT2D eigenvalue weighted by molar-refractivity contribution is -0.123. The first-order valence-electron chi connectivity index (χ1n) is 9.85. The van der Waals surface area contributed by atoms with Gasteiger partial charge in [0.25, 0.3) is 11.8 Å². The quantitative estimate of drug-likeness (QED) is 0.506. The summed E-state index contributed by atoms with van der Waals surface area (Å²) >= 11 is 5.91. The minimum absolute atomic E-state index is 0.0134. The number of benzene rings is 2. The van der Waals surface area contributed by atoms with Crippen molar-refractivity contribution < 1.29 is 23.6 Å². The molecule has 0 aliphatic carbocycles. The minimum Gasteiger partial charge on any atom is -0.497 e. The van der Waals surface area contributed by atoms with E-state index in [1.165, 1.54) is 19.2 Å². The van der Waals surface area contributed by atoms with Crippen LogP contribution in [0.1, 0.15) is 5.89 Å². The number of imide groups is 1. The summed E-state index contributed by atoms with van der Waals surface area (Å²) in [6.07, 6.45) is 0. The second-order valence-electron chi connectivity index (χ2n) is 7.29. The monoisotopic (exact) mass is 468 g/mol. The summed E-state index contributed by atoms with van der Waals surface area (Å²) in [4.78, 5) is 31.6. The molecule has 1 aromatic heterocycles. The summed E-state index contributed by atoms with van der Waals surface area (Å²) in [5.41, 5.74) is 1.05. The van der Waals surface area contributed by atoms with Crippen molar-refractivity contribution in [3.63, 3.8) is 0 Å². The number of hydrogen-bond donors (Lipinski definition) is 0. The lowest BCUT2D eigenvalue weighted by atomic mass is 10.1. The van der Waals surface area contributed by atoms with Gasteiger partial charge in [0.05, 0.1) is 19.9 Å². The number of aromatic nitrogens is 2. The van der Waals surface area contributed by atoms with Crippen LogP contribution in [0.4, 0.5) is 5.69 Å². The van der Waals surface area contributed by atoms with Gasteiger partial charge >= 0.3 is 0 Å². The number of halogens is 1. The van der Waals surface area contributed by atoms with Crippen LogP contribution in [0.2, 0.25) is 5.02 Å². The van der Waals surface area contributed by atoms with Crippen molar-refractivity contribution in [2.45, 2.75) is 18.6 Å². The van der Waals surface area contributed by atoms with E-state index in [0.29, 0.717) is 28.0 Å². The van der Waals surface area contributed by atoms with E-state index < -0.39 is 23.9 Å². The number of carbonyl (C=O) groups is 2. The van der Waals surface area contributed by atoms with Crippen LogP contribution in [0, 0.1) is 0 Å². The SMILES string of the molecule is COc1cc(OC)cc(N2C(=O)[C@@H]3N=NN(Cc4nc(-c5ccc(Cl)cc5)no4)[C@H]3C2=O)c1. The third-order valence-electron chi connectivity index (χ3n) is 5.32. The van der Waals surface area contributed by atoms with Gasteiger partial charge in [0.1, 0.15) is 18.0 Å². The Morgan fingerprint density at radius 3 is 2.39 bits per heavy atom. The third kappa shape index (κ3) is 3.65. The van der Waals surface area contributed by atoms with Gasteiger partial charge in [0.2, 0.25) is 11.7 Å². The maximum absolute atomic E-state index is 13.2.